The van der Waals surface area contributed by atoms with Crippen molar-refractivity contribution < 1.29 is 18.3 Å². The Morgan fingerprint density at radius 3 is 2.45 bits per heavy atom. The van der Waals surface area contributed by atoms with Gasteiger partial charge in [-0.2, -0.15) is 0 Å². The molecule has 0 N–H and O–H groups in total. The third kappa shape index (κ3) is 5.22. The van der Waals surface area contributed by atoms with E-state index >= 15 is 0 Å². The van der Waals surface area contributed by atoms with Gasteiger partial charge in [0, 0.05) is 22.6 Å². The van der Waals surface area contributed by atoms with Crippen molar-refractivity contribution in [1.29, 1.82) is 0 Å². The van der Waals surface area contributed by atoms with Crippen LogP contribution in [0.25, 0.3) is 17.5 Å². The molecule has 3 aromatic carbocycles. The number of esters is 1. The molecule has 5 aromatic rings. The minimum Gasteiger partial charge on any atom is -0.463 e. The summed E-state index contributed by atoms with van der Waals surface area (Å²) < 4.78 is 37.1. The number of benzene rings is 3. The maximum atomic E-state index is 14.2. The summed E-state index contributed by atoms with van der Waals surface area (Å²) in [5, 5.41) is 0.0114. The number of hydrogen-bond acceptors (Lipinski definition) is 5. The summed E-state index contributed by atoms with van der Waals surface area (Å²) in [7, 11) is 0. The molecule has 0 saturated carbocycles. The number of aryl methyl sites for hydroxylation is 1. The van der Waals surface area contributed by atoms with E-state index in [1.165, 1.54) is 34.1 Å². The quantitative estimate of drug-likeness (QED) is 0.208. The number of thiazole rings is 1. The van der Waals surface area contributed by atoms with Crippen molar-refractivity contribution >= 4 is 40.7 Å². The van der Waals surface area contributed by atoms with Crippen LogP contribution in [-0.2, 0) is 9.53 Å². The van der Waals surface area contributed by atoms with Crippen LogP contribution in [0.15, 0.2) is 94.2 Å². The molecule has 0 unspecified atom stereocenters. The Hall–Kier alpha value is -4.60. The van der Waals surface area contributed by atoms with E-state index < -0.39 is 23.6 Å². The lowest BCUT2D eigenvalue weighted by Crippen LogP contribution is -2.40. The first kappa shape index (κ1) is 29.5. The van der Waals surface area contributed by atoms with Gasteiger partial charge in [0.15, 0.2) is 4.80 Å². The number of nitrogens with zero attached hydrogens (tertiary/aromatic N) is 3. The van der Waals surface area contributed by atoms with Crippen LogP contribution in [0.5, 0.6) is 0 Å². The van der Waals surface area contributed by atoms with Gasteiger partial charge in [-0.25, -0.2) is 18.6 Å². The van der Waals surface area contributed by atoms with E-state index in [4.69, 9.17) is 21.3 Å². The third-order valence-electron chi connectivity index (χ3n) is 7.48. The van der Waals surface area contributed by atoms with Crippen LogP contribution in [0.4, 0.5) is 8.78 Å². The van der Waals surface area contributed by atoms with E-state index in [2.05, 4.69) is 0 Å². The number of carbonyl (C=O) groups excluding carboxylic acids is 1. The van der Waals surface area contributed by atoms with Crippen molar-refractivity contribution in [2.45, 2.75) is 26.8 Å². The minimum atomic E-state index is -0.906. The third-order valence-corrected chi connectivity index (χ3v) is 8.75. The maximum Gasteiger partial charge on any atom is 0.338 e. The van der Waals surface area contributed by atoms with Crippen LogP contribution in [0.1, 0.15) is 41.0 Å². The van der Waals surface area contributed by atoms with Gasteiger partial charge in [0.1, 0.15) is 11.6 Å². The SMILES string of the molecule is CCOC(=O)C1=C(c2ccccc2)N=c2s/c(=C/c3cc(C)n(-c4ccc(F)c(Cl)c4)c3C)c(=O)n2[C@@H]1c1ccc(F)cc1. The van der Waals surface area contributed by atoms with Gasteiger partial charge in [-0.15, -0.1) is 0 Å². The van der Waals surface area contributed by atoms with E-state index in [9.17, 15) is 18.4 Å². The molecule has 0 radical (unpaired) electrons. The summed E-state index contributed by atoms with van der Waals surface area (Å²) in [6, 6.07) is 20.5. The molecule has 222 valence electrons. The van der Waals surface area contributed by atoms with Crippen molar-refractivity contribution in [2.24, 2.45) is 4.99 Å². The molecule has 3 heterocycles. The fourth-order valence-electron chi connectivity index (χ4n) is 5.50. The van der Waals surface area contributed by atoms with Gasteiger partial charge in [0.05, 0.1) is 33.5 Å². The molecule has 0 amide bonds. The number of fused-ring (bicyclic) bond motifs is 1. The van der Waals surface area contributed by atoms with Gasteiger partial charge >= 0.3 is 5.97 Å². The summed E-state index contributed by atoms with van der Waals surface area (Å²) in [6.07, 6.45) is 1.78. The van der Waals surface area contributed by atoms with Crippen LogP contribution < -0.4 is 14.9 Å². The molecule has 0 spiro atoms. The van der Waals surface area contributed by atoms with Crippen LogP contribution in [0.3, 0.4) is 0 Å². The van der Waals surface area contributed by atoms with E-state index in [1.54, 1.807) is 37.3 Å². The highest BCUT2D eigenvalue weighted by atomic mass is 35.5. The second-order valence-electron chi connectivity index (χ2n) is 10.2. The van der Waals surface area contributed by atoms with Crippen LogP contribution >= 0.6 is 22.9 Å². The van der Waals surface area contributed by atoms with Crippen molar-refractivity contribution in [1.82, 2.24) is 9.13 Å². The lowest BCUT2D eigenvalue weighted by atomic mass is 9.93. The number of rotatable bonds is 6. The molecule has 1 aliphatic heterocycles. The maximum absolute atomic E-state index is 14.2. The van der Waals surface area contributed by atoms with Crippen molar-refractivity contribution in [2.75, 3.05) is 6.61 Å². The summed E-state index contributed by atoms with van der Waals surface area (Å²) >= 11 is 7.26. The monoisotopic (exact) mass is 629 g/mol. The van der Waals surface area contributed by atoms with Gasteiger partial charge < -0.3 is 9.30 Å². The average molecular weight is 630 g/mol. The average Bonchev–Trinajstić information content (AvgIpc) is 3.48. The lowest BCUT2D eigenvalue weighted by molar-refractivity contribution is -0.138. The minimum absolute atomic E-state index is 0.0114. The Morgan fingerprint density at radius 1 is 1.05 bits per heavy atom. The molecular weight excluding hydrogens is 604 g/mol. The lowest BCUT2D eigenvalue weighted by Gasteiger charge is -2.25. The van der Waals surface area contributed by atoms with Gasteiger partial charge in [0.25, 0.3) is 5.56 Å². The van der Waals surface area contributed by atoms with E-state index in [-0.39, 0.29) is 22.8 Å². The summed E-state index contributed by atoms with van der Waals surface area (Å²) in [5.41, 5.74) is 4.60. The first-order valence-electron chi connectivity index (χ1n) is 13.9. The Kier molecular flexibility index (Phi) is 7.92. The predicted molar refractivity (Wildman–Crippen MR) is 168 cm³/mol. The van der Waals surface area contributed by atoms with Crippen molar-refractivity contribution in [3.63, 3.8) is 0 Å². The second kappa shape index (κ2) is 11.8. The number of halogens is 3. The molecule has 6 nitrogen and oxygen atoms in total. The molecule has 2 aromatic heterocycles. The van der Waals surface area contributed by atoms with Crippen molar-refractivity contribution in [3.8, 4) is 5.69 Å². The van der Waals surface area contributed by atoms with Crippen LogP contribution in [0, 0.1) is 25.5 Å². The Morgan fingerprint density at radius 2 is 1.77 bits per heavy atom. The highest BCUT2D eigenvalue weighted by Crippen LogP contribution is 2.35. The molecule has 44 heavy (non-hydrogen) atoms. The van der Waals surface area contributed by atoms with Gasteiger partial charge in [0.2, 0.25) is 0 Å². The molecule has 6 rings (SSSR count). The first-order valence-corrected chi connectivity index (χ1v) is 15.1. The molecule has 0 aliphatic carbocycles. The zero-order valence-electron chi connectivity index (χ0n) is 24.0. The normalized spacial score (nSPS) is 14.9. The number of ether oxygens (including phenoxy) is 1. The molecule has 1 atom stereocenters. The number of hydrogen-bond donors (Lipinski definition) is 0. The molecular formula is C34H26ClF2N3O3S. The number of aromatic nitrogens is 2. The Balaban J connectivity index is 1.59. The molecule has 0 fully saturated rings. The number of carbonyl (C=O) groups is 1. The van der Waals surface area contributed by atoms with Gasteiger partial charge in [-0.3, -0.25) is 9.36 Å². The topological polar surface area (TPSA) is 65.6 Å². The van der Waals surface area contributed by atoms with Gasteiger partial charge in [-0.05, 0) is 74.4 Å². The van der Waals surface area contributed by atoms with E-state index in [0.717, 1.165) is 17.0 Å². The fraction of sp³-hybridized carbons (Fsp3) is 0.147. The van der Waals surface area contributed by atoms with Crippen LogP contribution in [0.2, 0.25) is 5.02 Å². The van der Waals surface area contributed by atoms with E-state index in [0.29, 0.717) is 31.8 Å². The zero-order valence-corrected chi connectivity index (χ0v) is 25.5. The standard InChI is InChI=1S/C34H26ClF2N3O3S/c1-4-43-33(42)29-30(21-8-6-5-7-9-21)38-34-40(31(29)22-10-12-24(36)13-11-22)32(41)28(44-34)17-23-16-19(2)39(20(23)3)25-14-15-27(37)26(35)18-25/h5-18,31H,4H2,1-3H3/b28-17+/t31-/m1/s1. The molecule has 1 aliphatic rings. The van der Waals surface area contributed by atoms with E-state index in [1.807, 2.05) is 54.8 Å². The first-order chi connectivity index (χ1) is 21.2. The highest BCUT2D eigenvalue weighted by Gasteiger charge is 2.35. The fourth-order valence-corrected chi connectivity index (χ4v) is 6.66. The summed E-state index contributed by atoms with van der Waals surface area (Å²) in [6.45, 7) is 5.65. The molecule has 10 heteroatoms. The Bertz CT molecular complexity index is 2130. The second-order valence-corrected chi connectivity index (χ2v) is 11.7. The molecule has 0 bridgehead atoms. The predicted octanol–water partition coefficient (Wildman–Crippen LogP) is 6.27. The summed E-state index contributed by atoms with van der Waals surface area (Å²) in [4.78, 5) is 32.9. The van der Waals surface area contributed by atoms with Crippen LogP contribution in [-0.4, -0.2) is 21.7 Å². The summed E-state index contributed by atoms with van der Waals surface area (Å²) in [5.74, 6) is -1.56. The zero-order chi connectivity index (χ0) is 31.1. The smallest absolute Gasteiger partial charge is 0.338 e. The molecule has 0 saturated heterocycles. The van der Waals surface area contributed by atoms with Gasteiger partial charge in [-0.1, -0.05) is 65.4 Å². The Labute approximate surface area is 260 Å². The largest absolute Gasteiger partial charge is 0.463 e. The van der Waals surface area contributed by atoms with Crippen molar-refractivity contribution in [3.05, 3.63) is 149 Å². The highest BCUT2D eigenvalue weighted by molar-refractivity contribution is 7.07.